The van der Waals surface area contributed by atoms with E-state index in [4.69, 9.17) is 5.11 Å². The molecule has 16 heavy (non-hydrogen) atoms. The highest BCUT2D eigenvalue weighted by Crippen LogP contribution is 2.47. The van der Waals surface area contributed by atoms with Gasteiger partial charge in [-0.3, -0.25) is 0 Å². The maximum Gasteiger partial charge on any atom is 0.346 e. The molecule has 1 heterocycles. The van der Waals surface area contributed by atoms with E-state index in [1.54, 1.807) is 6.07 Å². The largest absolute Gasteiger partial charge is 0.477 e. The van der Waals surface area contributed by atoms with Crippen LogP contribution in [-0.4, -0.2) is 11.1 Å². The van der Waals surface area contributed by atoms with Crippen LogP contribution in [0.1, 0.15) is 34.0 Å². The fourth-order valence-electron chi connectivity index (χ4n) is 2.03. The van der Waals surface area contributed by atoms with Gasteiger partial charge in [-0.2, -0.15) is 0 Å². The van der Waals surface area contributed by atoms with E-state index in [-0.39, 0.29) is 5.82 Å². The molecule has 0 unspecified atom stereocenters. The van der Waals surface area contributed by atoms with Gasteiger partial charge in [0, 0.05) is 4.70 Å². The van der Waals surface area contributed by atoms with Crippen molar-refractivity contribution in [2.45, 2.75) is 18.8 Å². The third kappa shape index (κ3) is 1.41. The number of hydrogen-bond donors (Lipinski definition) is 1. The minimum atomic E-state index is -0.900. The molecule has 0 amide bonds. The van der Waals surface area contributed by atoms with Gasteiger partial charge in [-0.1, -0.05) is 0 Å². The molecule has 0 saturated heterocycles. The van der Waals surface area contributed by atoms with E-state index in [2.05, 4.69) is 0 Å². The SMILES string of the molecule is O=C(O)c1sc2ccc(F)cc2c1C1CC1. The molecule has 1 aliphatic carbocycles. The highest BCUT2D eigenvalue weighted by molar-refractivity contribution is 7.21. The van der Waals surface area contributed by atoms with Gasteiger partial charge in [-0.15, -0.1) is 11.3 Å². The summed E-state index contributed by atoms with van der Waals surface area (Å²) in [6.45, 7) is 0. The molecule has 0 aliphatic heterocycles. The van der Waals surface area contributed by atoms with E-state index in [0.717, 1.165) is 28.5 Å². The molecule has 0 bridgehead atoms. The fraction of sp³-hybridized carbons (Fsp3) is 0.250. The first kappa shape index (κ1) is 9.78. The van der Waals surface area contributed by atoms with Crippen LogP contribution in [0, 0.1) is 5.82 Å². The molecule has 82 valence electrons. The topological polar surface area (TPSA) is 37.3 Å². The minimum absolute atomic E-state index is 0.302. The van der Waals surface area contributed by atoms with Crippen molar-refractivity contribution in [2.24, 2.45) is 0 Å². The first-order valence-electron chi connectivity index (χ1n) is 5.12. The molecule has 3 rings (SSSR count). The van der Waals surface area contributed by atoms with E-state index >= 15 is 0 Å². The molecule has 1 saturated carbocycles. The van der Waals surface area contributed by atoms with Gasteiger partial charge in [0.2, 0.25) is 0 Å². The van der Waals surface area contributed by atoms with Gasteiger partial charge in [-0.05, 0) is 47.9 Å². The van der Waals surface area contributed by atoms with E-state index in [1.807, 2.05) is 0 Å². The summed E-state index contributed by atoms with van der Waals surface area (Å²) in [5.41, 5.74) is 0.840. The lowest BCUT2D eigenvalue weighted by molar-refractivity contribution is 0.0701. The maximum atomic E-state index is 13.2. The maximum absolute atomic E-state index is 13.2. The van der Waals surface area contributed by atoms with Gasteiger partial charge in [0.1, 0.15) is 10.7 Å². The number of hydrogen-bond acceptors (Lipinski definition) is 2. The highest BCUT2D eigenvalue weighted by Gasteiger charge is 2.31. The Morgan fingerprint density at radius 2 is 2.19 bits per heavy atom. The first-order valence-corrected chi connectivity index (χ1v) is 5.93. The number of fused-ring (bicyclic) bond motifs is 1. The van der Waals surface area contributed by atoms with Crippen molar-refractivity contribution in [3.05, 3.63) is 34.5 Å². The lowest BCUT2D eigenvalue weighted by Crippen LogP contribution is -1.96. The van der Waals surface area contributed by atoms with Crippen LogP contribution in [0.25, 0.3) is 10.1 Å². The molecular formula is C12H9FO2S. The third-order valence-corrected chi connectivity index (χ3v) is 4.04. The molecule has 1 aromatic carbocycles. The standard InChI is InChI=1S/C12H9FO2S/c13-7-3-4-9-8(5-7)10(6-1-2-6)11(16-9)12(14)15/h3-6H,1-2H2,(H,14,15). The minimum Gasteiger partial charge on any atom is -0.477 e. The average molecular weight is 236 g/mol. The molecular weight excluding hydrogens is 227 g/mol. The normalized spacial score (nSPS) is 15.6. The molecule has 1 aliphatic rings. The Bertz CT molecular complexity index is 584. The Morgan fingerprint density at radius 3 is 2.81 bits per heavy atom. The lowest BCUT2D eigenvalue weighted by atomic mass is 10.1. The van der Waals surface area contributed by atoms with Crippen molar-refractivity contribution in [1.82, 2.24) is 0 Å². The molecule has 0 spiro atoms. The predicted molar refractivity (Wildman–Crippen MR) is 60.7 cm³/mol. The van der Waals surface area contributed by atoms with Crippen molar-refractivity contribution in [2.75, 3.05) is 0 Å². The van der Waals surface area contributed by atoms with Crippen molar-refractivity contribution >= 4 is 27.4 Å². The second-order valence-electron chi connectivity index (χ2n) is 4.06. The lowest BCUT2D eigenvalue weighted by Gasteiger charge is -1.98. The monoisotopic (exact) mass is 236 g/mol. The number of carboxylic acids is 1. The average Bonchev–Trinajstić information content (AvgIpc) is 2.99. The molecule has 0 radical (unpaired) electrons. The summed E-state index contributed by atoms with van der Waals surface area (Å²) < 4.78 is 14.0. The van der Waals surface area contributed by atoms with Crippen LogP contribution in [-0.2, 0) is 0 Å². The zero-order valence-electron chi connectivity index (χ0n) is 8.37. The van der Waals surface area contributed by atoms with E-state index in [9.17, 15) is 9.18 Å². The van der Waals surface area contributed by atoms with Crippen LogP contribution in [0.3, 0.4) is 0 Å². The van der Waals surface area contributed by atoms with Crippen LogP contribution < -0.4 is 0 Å². The third-order valence-electron chi connectivity index (χ3n) is 2.87. The van der Waals surface area contributed by atoms with Crippen molar-refractivity contribution in [1.29, 1.82) is 0 Å². The van der Waals surface area contributed by atoms with Crippen molar-refractivity contribution < 1.29 is 14.3 Å². The van der Waals surface area contributed by atoms with Gasteiger partial charge < -0.3 is 5.11 Å². The fourth-order valence-corrected chi connectivity index (χ4v) is 3.13. The van der Waals surface area contributed by atoms with Gasteiger partial charge in [0.05, 0.1) is 0 Å². The number of rotatable bonds is 2. The summed E-state index contributed by atoms with van der Waals surface area (Å²) in [5.74, 6) is -0.880. The van der Waals surface area contributed by atoms with Crippen LogP contribution in [0.15, 0.2) is 18.2 Å². The number of benzene rings is 1. The summed E-state index contributed by atoms with van der Waals surface area (Å²) in [7, 11) is 0. The van der Waals surface area contributed by atoms with E-state index in [0.29, 0.717) is 10.8 Å². The summed E-state index contributed by atoms with van der Waals surface area (Å²) in [5, 5.41) is 9.91. The number of aromatic carboxylic acids is 1. The van der Waals surface area contributed by atoms with Crippen molar-refractivity contribution in [3.63, 3.8) is 0 Å². The zero-order valence-corrected chi connectivity index (χ0v) is 9.18. The molecule has 1 aromatic heterocycles. The zero-order chi connectivity index (χ0) is 11.3. The quantitative estimate of drug-likeness (QED) is 0.864. The van der Waals surface area contributed by atoms with E-state index in [1.165, 1.54) is 23.5 Å². The van der Waals surface area contributed by atoms with Crippen LogP contribution in [0.2, 0.25) is 0 Å². The molecule has 1 fully saturated rings. The van der Waals surface area contributed by atoms with Gasteiger partial charge in [0.25, 0.3) is 0 Å². The van der Waals surface area contributed by atoms with Gasteiger partial charge >= 0.3 is 5.97 Å². The summed E-state index contributed by atoms with van der Waals surface area (Å²) in [6.07, 6.45) is 2.03. The number of thiophene rings is 1. The Kier molecular flexibility index (Phi) is 2.01. The first-order chi connectivity index (χ1) is 7.66. The highest BCUT2D eigenvalue weighted by atomic mass is 32.1. The molecule has 4 heteroatoms. The van der Waals surface area contributed by atoms with E-state index < -0.39 is 5.97 Å². The molecule has 0 atom stereocenters. The Morgan fingerprint density at radius 1 is 1.44 bits per heavy atom. The Balaban J connectivity index is 2.33. The second-order valence-corrected chi connectivity index (χ2v) is 5.12. The molecule has 2 aromatic rings. The van der Waals surface area contributed by atoms with Gasteiger partial charge in [-0.25, -0.2) is 9.18 Å². The van der Waals surface area contributed by atoms with Crippen molar-refractivity contribution in [3.8, 4) is 0 Å². The molecule has 1 N–H and O–H groups in total. The van der Waals surface area contributed by atoms with Gasteiger partial charge in [0.15, 0.2) is 0 Å². The number of carbonyl (C=O) groups is 1. The second kappa shape index (κ2) is 3.28. The number of carboxylic acid groups (broad SMARTS) is 1. The molecule has 2 nitrogen and oxygen atoms in total. The smallest absolute Gasteiger partial charge is 0.346 e. The Labute approximate surface area is 95.3 Å². The number of halogens is 1. The Hall–Kier alpha value is -1.42. The summed E-state index contributed by atoms with van der Waals surface area (Å²) >= 11 is 1.24. The predicted octanol–water partition coefficient (Wildman–Crippen LogP) is 3.62. The van der Waals surface area contributed by atoms with Crippen LogP contribution in [0.4, 0.5) is 4.39 Å². The van der Waals surface area contributed by atoms with Crippen LogP contribution in [0.5, 0.6) is 0 Å². The summed E-state index contributed by atoms with van der Waals surface area (Å²) in [6, 6.07) is 4.49. The van der Waals surface area contributed by atoms with Crippen LogP contribution >= 0.6 is 11.3 Å². The summed E-state index contributed by atoms with van der Waals surface area (Å²) in [4.78, 5) is 11.5.